The zero-order valence-electron chi connectivity index (χ0n) is 22.4. The Morgan fingerprint density at radius 3 is 2.75 bits per heavy atom. The fraction of sp³-hybridized carbons (Fsp3) is 0.533. The molecule has 0 aliphatic heterocycles. The van der Waals surface area contributed by atoms with E-state index in [9.17, 15) is 33.0 Å². The molecule has 0 amide bonds. The standard InChI is InChI=1S/C30H32F3N3O4/c1-27-10-8-20(37)13-18(27)6-7-21-22-9-11-29(40,28(22,2)14-24(38)26(21)27)25(39)16-36-15-23(34-35-36)17-4-3-5-19(12-17)30(31,32)33/h3-5,8,10,12-13,15,21-22,24,26,38,40H,6-7,9,11,14,16H2,1-2H3/t21?,22?,24?,26?,27?,28?,29-/m0/s1. The van der Waals surface area contributed by atoms with Gasteiger partial charge in [-0.3, -0.25) is 9.59 Å². The zero-order chi connectivity index (χ0) is 28.7. The van der Waals surface area contributed by atoms with Crippen molar-refractivity contribution >= 4 is 11.6 Å². The monoisotopic (exact) mass is 555 g/mol. The van der Waals surface area contributed by atoms with Crippen LogP contribution in [-0.4, -0.2) is 48.5 Å². The Kier molecular flexibility index (Phi) is 6.06. The quantitative estimate of drug-likeness (QED) is 0.574. The average molecular weight is 556 g/mol. The second-order valence-electron chi connectivity index (χ2n) is 12.4. The third-order valence-electron chi connectivity index (χ3n) is 10.4. The molecule has 6 rings (SSSR count). The first kappa shape index (κ1) is 27.1. The Morgan fingerprint density at radius 1 is 1.23 bits per heavy atom. The van der Waals surface area contributed by atoms with E-state index in [1.807, 2.05) is 13.0 Å². The molecule has 0 radical (unpaired) electrons. The number of fused-ring (bicyclic) bond motifs is 5. The number of hydrogen-bond acceptors (Lipinski definition) is 6. The summed E-state index contributed by atoms with van der Waals surface area (Å²) in [5, 5.41) is 31.4. The number of nitrogens with zero attached hydrogens (tertiary/aromatic N) is 3. The molecule has 2 aromatic rings. The second-order valence-corrected chi connectivity index (χ2v) is 12.4. The molecule has 0 spiro atoms. The minimum atomic E-state index is -4.50. The molecule has 6 unspecified atom stereocenters. The van der Waals surface area contributed by atoms with E-state index in [1.54, 1.807) is 12.2 Å². The Morgan fingerprint density at radius 2 is 2.00 bits per heavy atom. The van der Waals surface area contributed by atoms with E-state index < -0.39 is 40.1 Å². The van der Waals surface area contributed by atoms with Crippen molar-refractivity contribution in [3.05, 3.63) is 59.8 Å². The molecule has 7 nitrogen and oxygen atoms in total. The molecule has 2 N–H and O–H groups in total. The molecule has 0 bridgehead atoms. The Balaban J connectivity index is 1.24. The second kappa shape index (κ2) is 8.94. The molecule has 40 heavy (non-hydrogen) atoms. The van der Waals surface area contributed by atoms with Crippen molar-refractivity contribution in [1.82, 2.24) is 15.0 Å². The third kappa shape index (κ3) is 3.94. The summed E-state index contributed by atoms with van der Waals surface area (Å²) in [4.78, 5) is 25.7. The van der Waals surface area contributed by atoms with Crippen LogP contribution in [0.1, 0.15) is 51.5 Å². The van der Waals surface area contributed by atoms with E-state index in [0.29, 0.717) is 6.42 Å². The predicted octanol–water partition coefficient (Wildman–Crippen LogP) is 4.54. The first-order valence-electron chi connectivity index (χ1n) is 13.7. The Hall–Kier alpha value is -3.11. The highest BCUT2D eigenvalue weighted by Crippen LogP contribution is 2.67. The molecule has 4 aliphatic rings. The van der Waals surface area contributed by atoms with Gasteiger partial charge in [0.25, 0.3) is 0 Å². The number of carbonyl (C=O) groups excluding carboxylic acids is 2. The third-order valence-corrected chi connectivity index (χ3v) is 10.4. The molecule has 1 aromatic heterocycles. The number of Topliss-reactive ketones (excluding diaryl/α,β-unsaturated/α-hetero) is 1. The summed E-state index contributed by atoms with van der Waals surface area (Å²) in [6, 6.07) is 4.73. The summed E-state index contributed by atoms with van der Waals surface area (Å²) in [6.45, 7) is 3.68. The van der Waals surface area contributed by atoms with Crippen molar-refractivity contribution in [3.8, 4) is 11.3 Å². The highest BCUT2D eigenvalue weighted by atomic mass is 19.4. The molecule has 10 heteroatoms. The predicted molar refractivity (Wildman–Crippen MR) is 138 cm³/mol. The lowest BCUT2D eigenvalue weighted by Crippen LogP contribution is -2.61. The lowest BCUT2D eigenvalue weighted by atomic mass is 9.46. The van der Waals surface area contributed by atoms with Gasteiger partial charge in [0.1, 0.15) is 17.8 Å². The molecular weight excluding hydrogens is 523 g/mol. The van der Waals surface area contributed by atoms with Crippen LogP contribution in [0.25, 0.3) is 11.3 Å². The number of hydrogen-bond donors (Lipinski definition) is 2. The molecule has 7 atom stereocenters. The van der Waals surface area contributed by atoms with Gasteiger partial charge in [0.05, 0.1) is 17.9 Å². The maximum absolute atomic E-state index is 13.7. The lowest BCUT2D eigenvalue weighted by Gasteiger charge is -2.59. The van der Waals surface area contributed by atoms with Crippen molar-refractivity contribution in [2.45, 2.75) is 70.4 Å². The van der Waals surface area contributed by atoms with E-state index in [-0.39, 0.29) is 54.2 Å². The fourth-order valence-corrected chi connectivity index (χ4v) is 8.43. The molecule has 3 fully saturated rings. The number of aliphatic hydroxyl groups is 2. The number of ketones is 2. The summed E-state index contributed by atoms with van der Waals surface area (Å²) in [7, 11) is 0. The molecule has 212 valence electrons. The number of benzene rings is 1. The van der Waals surface area contributed by atoms with Gasteiger partial charge < -0.3 is 10.2 Å². The number of carbonyl (C=O) groups is 2. The highest BCUT2D eigenvalue weighted by molar-refractivity contribution is 6.01. The van der Waals surface area contributed by atoms with Crippen LogP contribution in [0.4, 0.5) is 13.2 Å². The minimum absolute atomic E-state index is 0.00988. The normalized spacial score (nSPS) is 37.0. The van der Waals surface area contributed by atoms with Crippen LogP contribution in [0.5, 0.6) is 0 Å². The molecule has 4 aliphatic carbocycles. The van der Waals surface area contributed by atoms with Gasteiger partial charge in [-0.15, -0.1) is 5.10 Å². The topological polar surface area (TPSA) is 105 Å². The summed E-state index contributed by atoms with van der Waals surface area (Å²) in [5.74, 6) is -0.511. The molecular formula is C30H32F3N3O4. The van der Waals surface area contributed by atoms with E-state index in [1.165, 1.54) is 23.0 Å². The van der Waals surface area contributed by atoms with Gasteiger partial charge in [-0.2, -0.15) is 13.2 Å². The van der Waals surface area contributed by atoms with Crippen molar-refractivity contribution in [1.29, 1.82) is 0 Å². The zero-order valence-corrected chi connectivity index (χ0v) is 22.4. The van der Waals surface area contributed by atoms with Crippen LogP contribution in [0, 0.1) is 28.6 Å². The van der Waals surface area contributed by atoms with Crippen LogP contribution in [0.2, 0.25) is 0 Å². The summed E-state index contributed by atoms with van der Waals surface area (Å²) in [6.07, 6.45) is 3.98. The molecule has 3 saturated carbocycles. The van der Waals surface area contributed by atoms with E-state index >= 15 is 0 Å². The van der Waals surface area contributed by atoms with E-state index in [4.69, 9.17) is 0 Å². The number of allylic oxidation sites excluding steroid dienone is 4. The summed E-state index contributed by atoms with van der Waals surface area (Å²) < 4.78 is 40.7. The number of halogens is 3. The van der Waals surface area contributed by atoms with Crippen LogP contribution < -0.4 is 0 Å². The maximum atomic E-state index is 13.7. The van der Waals surface area contributed by atoms with Crippen LogP contribution in [-0.2, 0) is 22.3 Å². The molecule has 1 aromatic carbocycles. The average Bonchev–Trinajstić information content (AvgIpc) is 3.46. The van der Waals surface area contributed by atoms with Crippen molar-refractivity contribution < 1.29 is 33.0 Å². The van der Waals surface area contributed by atoms with Gasteiger partial charge in [0, 0.05) is 22.3 Å². The van der Waals surface area contributed by atoms with E-state index in [2.05, 4.69) is 17.2 Å². The molecule has 0 saturated heterocycles. The van der Waals surface area contributed by atoms with Crippen molar-refractivity contribution in [2.75, 3.05) is 0 Å². The maximum Gasteiger partial charge on any atom is 0.416 e. The minimum Gasteiger partial charge on any atom is -0.393 e. The van der Waals surface area contributed by atoms with Crippen LogP contribution in [0.15, 0.2) is 54.3 Å². The van der Waals surface area contributed by atoms with Gasteiger partial charge in [-0.25, -0.2) is 4.68 Å². The van der Waals surface area contributed by atoms with Crippen molar-refractivity contribution in [3.63, 3.8) is 0 Å². The van der Waals surface area contributed by atoms with Gasteiger partial charge in [0.2, 0.25) is 0 Å². The molecule has 1 heterocycles. The first-order valence-corrected chi connectivity index (χ1v) is 13.7. The number of aromatic nitrogens is 3. The first-order chi connectivity index (χ1) is 18.8. The van der Waals surface area contributed by atoms with Crippen LogP contribution >= 0.6 is 0 Å². The van der Waals surface area contributed by atoms with Gasteiger partial charge in [-0.05, 0) is 68.2 Å². The van der Waals surface area contributed by atoms with E-state index in [0.717, 1.165) is 30.5 Å². The summed E-state index contributed by atoms with van der Waals surface area (Å²) in [5.41, 5.74) is -2.35. The highest BCUT2D eigenvalue weighted by Gasteiger charge is 2.68. The van der Waals surface area contributed by atoms with Gasteiger partial charge >= 0.3 is 6.18 Å². The van der Waals surface area contributed by atoms with Crippen molar-refractivity contribution in [2.24, 2.45) is 28.6 Å². The SMILES string of the molecule is CC12C=CC(=O)C=C1CCC1C2C(O)CC2(C)C1CC[C@]2(O)C(=O)Cn1cc(-c2cccc(C(F)(F)F)c2)nn1. The van der Waals surface area contributed by atoms with Crippen LogP contribution in [0.3, 0.4) is 0 Å². The van der Waals surface area contributed by atoms with Gasteiger partial charge in [-0.1, -0.05) is 42.8 Å². The number of aliphatic hydroxyl groups excluding tert-OH is 1. The Labute approximate surface area is 229 Å². The fourth-order valence-electron chi connectivity index (χ4n) is 8.43. The van der Waals surface area contributed by atoms with Gasteiger partial charge in [0.15, 0.2) is 11.6 Å². The Bertz CT molecular complexity index is 1450. The number of alkyl halides is 3. The summed E-state index contributed by atoms with van der Waals surface area (Å²) >= 11 is 0. The number of rotatable bonds is 4. The lowest BCUT2D eigenvalue weighted by molar-refractivity contribution is -0.177. The largest absolute Gasteiger partial charge is 0.416 e. The smallest absolute Gasteiger partial charge is 0.393 e.